The first-order chi connectivity index (χ1) is 10.8. The van der Waals surface area contributed by atoms with Crippen molar-refractivity contribution in [2.75, 3.05) is 7.05 Å². The maximum Gasteiger partial charge on any atom is 0.573 e. The molecule has 2 rings (SSSR count). The summed E-state index contributed by atoms with van der Waals surface area (Å²) in [6, 6.07) is 9.00. The molecule has 0 saturated heterocycles. The number of rotatable bonds is 6. The molecule has 1 heterocycles. The second kappa shape index (κ2) is 7.21. The Morgan fingerprint density at radius 1 is 1.22 bits per heavy atom. The predicted molar refractivity (Wildman–Crippen MR) is 76.6 cm³/mol. The molecule has 0 fully saturated rings. The van der Waals surface area contributed by atoms with Crippen molar-refractivity contribution >= 4 is 5.91 Å². The minimum absolute atomic E-state index is 0.0722. The number of carbonyl (C=O) groups excluding carboxylic acids is 1. The summed E-state index contributed by atoms with van der Waals surface area (Å²) in [7, 11) is 1.64. The molecule has 2 aromatic rings. The van der Waals surface area contributed by atoms with E-state index in [1.165, 1.54) is 29.2 Å². The highest BCUT2D eigenvalue weighted by atomic mass is 19.4. The summed E-state index contributed by atoms with van der Waals surface area (Å²) in [4.78, 5) is 13.5. The Bertz CT molecular complexity index is 621. The number of nitrogens with zero attached hydrogens (tertiary/aromatic N) is 1. The minimum Gasteiger partial charge on any atom is -0.469 e. The fourth-order valence-corrected chi connectivity index (χ4v) is 2.03. The number of hydrogen-bond acceptors (Lipinski definition) is 3. The number of furan rings is 1. The van der Waals surface area contributed by atoms with Crippen LogP contribution in [0.2, 0.25) is 0 Å². The molecule has 0 aliphatic rings. The lowest BCUT2D eigenvalue weighted by Crippen LogP contribution is -2.26. The van der Waals surface area contributed by atoms with Crippen molar-refractivity contribution < 1.29 is 27.1 Å². The van der Waals surface area contributed by atoms with E-state index in [4.69, 9.17) is 4.42 Å². The second-order valence-electron chi connectivity index (χ2n) is 5.02. The molecule has 0 atom stereocenters. The molecule has 0 N–H and O–H groups in total. The summed E-state index contributed by atoms with van der Waals surface area (Å²) < 4.78 is 45.2. The summed E-state index contributed by atoms with van der Waals surface area (Å²) in [5, 5.41) is 0. The molecule has 7 heteroatoms. The van der Waals surface area contributed by atoms with Crippen LogP contribution in [-0.2, 0) is 17.8 Å². The van der Waals surface area contributed by atoms with Gasteiger partial charge in [-0.15, -0.1) is 13.2 Å². The van der Waals surface area contributed by atoms with E-state index in [1.807, 2.05) is 0 Å². The van der Waals surface area contributed by atoms with E-state index in [0.717, 1.165) is 5.76 Å². The first-order valence-electron chi connectivity index (χ1n) is 6.94. The van der Waals surface area contributed by atoms with Crippen molar-refractivity contribution in [1.29, 1.82) is 0 Å². The van der Waals surface area contributed by atoms with E-state index in [9.17, 15) is 18.0 Å². The number of benzene rings is 1. The third-order valence-electron chi connectivity index (χ3n) is 3.17. The molecule has 1 amide bonds. The van der Waals surface area contributed by atoms with Crippen LogP contribution in [0.25, 0.3) is 0 Å². The summed E-state index contributed by atoms with van der Waals surface area (Å²) in [5.41, 5.74) is 0.716. The van der Waals surface area contributed by atoms with Crippen molar-refractivity contribution in [2.45, 2.75) is 25.7 Å². The maximum absolute atomic E-state index is 12.1. The van der Waals surface area contributed by atoms with Crippen molar-refractivity contribution in [3.05, 3.63) is 54.0 Å². The summed E-state index contributed by atoms with van der Waals surface area (Å²) in [6.07, 6.45) is -2.35. The molecule has 4 nitrogen and oxygen atoms in total. The van der Waals surface area contributed by atoms with Crippen LogP contribution in [0.15, 0.2) is 47.1 Å². The average Bonchev–Trinajstić information content (AvgIpc) is 2.98. The number of carbonyl (C=O) groups is 1. The van der Waals surface area contributed by atoms with Crippen LogP contribution in [0.3, 0.4) is 0 Å². The van der Waals surface area contributed by atoms with Gasteiger partial charge in [-0.3, -0.25) is 4.79 Å². The lowest BCUT2D eigenvalue weighted by atomic mass is 10.2. The minimum atomic E-state index is -4.71. The topological polar surface area (TPSA) is 42.7 Å². The normalized spacial score (nSPS) is 11.3. The zero-order chi connectivity index (χ0) is 16.9. The van der Waals surface area contributed by atoms with Gasteiger partial charge in [0.1, 0.15) is 11.5 Å². The molecule has 0 saturated carbocycles. The zero-order valence-corrected chi connectivity index (χ0v) is 12.5. The second-order valence-corrected chi connectivity index (χ2v) is 5.02. The Morgan fingerprint density at radius 2 is 1.91 bits per heavy atom. The number of amides is 1. The van der Waals surface area contributed by atoms with E-state index < -0.39 is 6.36 Å². The Balaban J connectivity index is 1.84. The van der Waals surface area contributed by atoms with Gasteiger partial charge in [0.2, 0.25) is 5.91 Å². The molecule has 124 valence electrons. The molecular weight excluding hydrogens is 311 g/mol. The van der Waals surface area contributed by atoms with Crippen LogP contribution >= 0.6 is 0 Å². The fraction of sp³-hybridized carbons (Fsp3) is 0.312. The average molecular weight is 327 g/mol. The predicted octanol–water partition coefficient (Wildman–Crippen LogP) is 3.77. The first kappa shape index (κ1) is 16.9. The number of aryl methyl sites for hydroxylation is 1. The number of hydrogen-bond donors (Lipinski definition) is 0. The molecule has 0 bridgehead atoms. The van der Waals surface area contributed by atoms with E-state index in [-0.39, 0.29) is 11.7 Å². The van der Waals surface area contributed by atoms with Crippen molar-refractivity contribution in [1.82, 2.24) is 4.90 Å². The largest absolute Gasteiger partial charge is 0.573 e. The summed E-state index contributed by atoms with van der Waals surface area (Å²) in [5.74, 6) is 0.380. The SMILES string of the molecule is CN(Cc1ccc(OC(F)(F)F)cc1)C(=O)CCc1ccco1. The van der Waals surface area contributed by atoms with Crippen LogP contribution in [0, 0.1) is 0 Å². The Hall–Kier alpha value is -2.44. The first-order valence-corrected chi connectivity index (χ1v) is 6.94. The Kier molecular flexibility index (Phi) is 5.31. The highest BCUT2D eigenvalue weighted by Crippen LogP contribution is 2.23. The third kappa shape index (κ3) is 5.69. The summed E-state index contributed by atoms with van der Waals surface area (Å²) in [6.45, 7) is 0.309. The molecule has 0 spiro atoms. The van der Waals surface area contributed by atoms with E-state index in [2.05, 4.69) is 4.74 Å². The van der Waals surface area contributed by atoms with Gasteiger partial charge in [-0.1, -0.05) is 12.1 Å². The summed E-state index contributed by atoms with van der Waals surface area (Å²) >= 11 is 0. The van der Waals surface area contributed by atoms with Crippen LogP contribution in [0.5, 0.6) is 5.75 Å². The van der Waals surface area contributed by atoms with Gasteiger partial charge in [0.25, 0.3) is 0 Å². The van der Waals surface area contributed by atoms with Crippen LogP contribution in [0.1, 0.15) is 17.7 Å². The Labute approximate surface area is 131 Å². The lowest BCUT2D eigenvalue weighted by molar-refractivity contribution is -0.274. The smallest absolute Gasteiger partial charge is 0.469 e. The molecular formula is C16H16F3NO3. The van der Waals surface area contributed by atoms with E-state index >= 15 is 0 Å². The molecule has 0 radical (unpaired) electrons. The van der Waals surface area contributed by atoms with Crippen molar-refractivity contribution in [3.8, 4) is 5.75 Å². The standard InChI is InChI=1S/C16H16F3NO3/c1-20(15(21)9-8-13-3-2-10-22-13)11-12-4-6-14(7-5-12)23-16(17,18)19/h2-7,10H,8-9,11H2,1H3. The zero-order valence-electron chi connectivity index (χ0n) is 12.5. The molecule has 0 unspecified atom stereocenters. The number of alkyl halides is 3. The quantitative estimate of drug-likeness (QED) is 0.811. The number of halogens is 3. The maximum atomic E-state index is 12.1. The van der Waals surface area contributed by atoms with Gasteiger partial charge in [0.15, 0.2) is 0 Å². The van der Waals surface area contributed by atoms with Crippen LogP contribution in [-0.4, -0.2) is 24.2 Å². The van der Waals surface area contributed by atoms with Crippen molar-refractivity contribution in [2.24, 2.45) is 0 Å². The van der Waals surface area contributed by atoms with Gasteiger partial charge in [-0.25, -0.2) is 0 Å². The molecule has 23 heavy (non-hydrogen) atoms. The molecule has 0 aliphatic heterocycles. The highest BCUT2D eigenvalue weighted by Gasteiger charge is 2.30. The van der Waals surface area contributed by atoms with Crippen LogP contribution in [0.4, 0.5) is 13.2 Å². The van der Waals surface area contributed by atoms with Crippen molar-refractivity contribution in [3.63, 3.8) is 0 Å². The lowest BCUT2D eigenvalue weighted by Gasteiger charge is -2.17. The fourth-order valence-electron chi connectivity index (χ4n) is 2.03. The monoisotopic (exact) mass is 327 g/mol. The highest BCUT2D eigenvalue weighted by molar-refractivity contribution is 5.76. The Morgan fingerprint density at radius 3 is 2.48 bits per heavy atom. The van der Waals surface area contributed by atoms with Gasteiger partial charge >= 0.3 is 6.36 Å². The number of ether oxygens (including phenoxy) is 1. The van der Waals surface area contributed by atoms with E-state index in [1.54, 1.807) is 25.4 Å². The van der Waals surface area contributed by atoms with Gasteiger partial charge in [-0.2, -0.15) is 0 Å². The van der Waals surface area contributed by atoms with Gasteiger partial charge in [0, 0.05) is 26.4 Å². The van der Waals surface area contributed by atoms with Gasteiger partial charge in [0.05, 0.1) is 6.26 Å². The third-order valence-corrected chi connectivity index (χ3v) is 3.17. The molecule has 1 aromatic carbocycles. The molecule has 0 aliphatic carbocycles. The van der Waals surface area contributed by atoms with Crippen LogP contribution < -0.4 is 4.74 Å². The van der Waals surface area contributed by atoms with E-state index in [0.29, 0.717) is 24.9 Å². The molecule has 1 aromatic heterocycles. The van der Waals surface area contributed by atoms with Gasteiger partial charge in [-0.05, 0) is 29.8 Å². The van der Waals surface area contributed by atoms with Gasteiger partial charge < -0.3 is 14.1 Å².